The third-order valence-electron chi connectivity index (χ3n) is 6.33. The van der Waals surface area contributed by atoms with Crippen LogP contribution in [0, 0.1) is 6.92 Å². The summed E-state index contributed by atoms with van der Waals surface area (Å²) in [5.74, 6) is 3.02. The van der Waals surface area contributed by atoms with E-state index in [4.69, 9.17) is 9.47 Å². The summed E-state index contributed by atoms with van der Waals surface area (Å²) in [4.78, 5) is 26.7. The van der Waals surface area contributed by atoms with E-state index in [-0.39, 0.29) is 5.91 Å². The van der Waals surface area contributed by atoms with E-state index in [9.17, 15) is 4.79 Å². The van der Waals surface area contributed by atoms with Crippen molar-refractivity contribution in [2.75, 3.05) is 25.0 Å². The minimum absolute atomic E-state index is 0.199. The first-order chi connectivity index (χ1) is 18.1. The van der Waals surface area contributed by atoms with Crippen LogP contribution in [0.3, 0.4) is 0 Å². The molecule has 0 atom stereocenters. The van der Waals surface area contributed by atoms with Gasteiger partial charge < -0.3 is 19.7 Å². The number of rotatable bonds is 8. The minimum atomic E-state index is 0.199. The van der Waals surface area contributed by atoms with E-state index in [2.05, 4.69) is 25.4 Å². The molecule has 1 aliphatic heterocycles. The standard InChI is InChI=1S/C27H25N7O3/c1-18-13-19(4-7-24(18)37-21-8-10-34-25(15-21)29-17-31-34)32-27-22-14-20(5-6-23(22)28-16-30-27)36-12-11-33-9-2-3-26(33)35/h4-8,10,13-17H,2-3,9,11-12H2,1H3,(H,28,30,32). The van der Waals surface area contributed by atoms with Crippen molar-refractivity contribution in [1.29, 1.82) is 0 Å². The fraction of sp³-hybridized carbons (Fsp3) is 0.222. The highest BCUT2D eigenvalue weighted by Gasteiger charge is 2.19. The molecule has 0 bridgehead atoms. The molecule has 10 heteroatoms. The number of ether oxygens (including phenoxy) is 2. The van der Waals surface area contributed by atoms with Crippen molar-refractivity contribution in [1.82, 2.24) is 29.5 Å². The zero-order chi connectivity index (χ0) is 25.2. The Hall–Kier alpha value is -4.73. The predicted molar refractivity (Wildman–Crippen MR) is 138 cm³/mol. The summed E-state index contributed by atoms with van der Waals surface area (Å²) >= 11 is 0. The monoisotopic (exact) mass is 495 g/mol. The minimum Gasteiger partial charge on any atom is -0.492 e. The van der Waals surface area contributed by atoms with Crippen LogP contribution in [-0.4, -0.2) is 55.1 Å². The maximum absolute atomic E-state index is 11.8. The van der Waals surface area contributed by atoms with Gasteiger partial charge in [-0.1, -0.05) is 0 Å². The summed E-state index contributed by atoms with van der Waals surface area (Å²) in [5, 5.41) is 8.35. The van der Waals surface area contributed by atoms with E-state index >= 15 is 0 Å². The zero-order valence-electron chi connectivity index (χ0n) is 20.3. The van der Waals surface area contributed by atoms with Gasteiger partial charge in [0.05, 0.1) is 12.1 Å². The van der Waals surface area contributed by atoms with Crippen LogP contribution < -0.4 is 14.8 Å². The number of anilines is 2. The summed E-state index contributed by atoms with van der Waals surface area (Å²) < 4.78 is 13.7. The number of likely N-dealkylation sites (tertiary alicyclic amines) is 1. The molecule has 0 spiro atoms. The van der Waals surface area contributed by atoms with Gasteiger partial charge in [-0.25, -0.2) is 19.5 Å². The van der Waals surface area contributed by atoms with Crippen molar-refractivity contribution in [3.05, 3.63) is 72.9 Å². The second-order valence-electron chi connectivity index (χ2n) is 8.87. The summed E-state index contributed by atoms with van der Waals surface area (Å²) in [5.41, 5.74) is 3.36. The molecule has 0 aliphatic carbocycles. The number of carbonyl (C=O) groups is 1. The molecule has 1 N–H and O–H groups in total. The fourth-order valence-corrected chi connectivity index (χ4v) is 4.40. The van der Waals surface area contributed by atoms with Crippen LogP contribution in [0.15, 0.2) is 67.4 Å². The van der Waals surface area contributed by atoms with Crippen molar-refractivity contribution in [2.24, 2.45) is 0 Å². The van der Waals surface area contributed by atoms with Crippen LogP contribution >= 0.6 is 0 Å². The van der Waals surface area contributed by atoms with Gasteiger partial charge in [0, 0.05) is 36.3 Å². The topological polar surface area (TPSA) is 107 Å². The van der Waals surface area contributed by atoms with Crippen molar-refractivity contribution < 1.29 is 14.3 Å². The largest absolute Gasteiger partial charge is 0.492 e. The Morgan fingerprint density at radius 1 is 1.00 bits per heavy atom. The third-order valence-corrected chi connectivity index (χ3v) is 6.33. The van der Waals surface area contributed by atoms with Gasteiger partial charge in [-0.05, 0) is 61.4 Å². The Morgan fingerprint density at radius 3 is 2.81 bits per heavy atom. The average molecular weight is 496 g/mol. The maximum atomic E-state index is 11.8. The van der Waals surface area contributed by atoms with Gasteiger partial charge in [0.15, 0.2) is 5.65 Å². The number of pyridine rings is 1. The quantitative estimate of drug-likeness (QED) is 0.335. The van der Waals surface area contributed by atoms with Crippen molar-refractivity contribution in [2.45, 2.75) is 19.8 Å². The second kappa shape index (κ2) is 9.73. The van der Waals surface area contributed by atoms with Crippen LogP contribution in [0.1, 0.15) is 18.4 Å². The van der Waals surface area contributed by atoms with Crippen LogP contribution in [0.25, 0.3) is 16.6 Å². The molecule has 186 valence electrons. The highest BCUT2D eigenvalue weighted by Crippen LogP contribution is 2.31. The van der Waals surface area contributed by atoms with E-state index in [1.54, 1.807) is 4.52 Å². The number of nitrogens with one attached hydrogen (secondary N) is 1. The summed E-state index contributed by atoms with van der Waals surface area (Å²) in [7, 11) is 0. The number of carbonyl (C=O) groups excluding carboxylic acids is 1. The molecule has 0 radical (unpaired) electrons. The zero-order valence-corrected chi connectivity index (χ0v) is 20.3. The van der Waals surface area contributed by atoms with Gasteiger partial charge in [-0.15, -0.1) is 0 Å². The van der Waals surface area contributed by atoms with Gasteiger partial charge in [0.1, 0.15) is 42.3 Å². The number of fused-ring (bicyclic) bond motifs is 2. The molecule has 1 aliphatic rings. The SMILES string of the molecule is Cc1cc(Nc2ncnc3ccc(OCCN4CCCC4=O)cc23)ccc1Oc1ccn2ncnc2c1. The van der Waals surface area contributed by atoms with Gasteiger partial charge in [-0.2, -0.15) is 5.10 Å². The molecular formula is C27H25N7O3. The summed E-state index contributed by atoms with van der Waals surface area (Å²) in [6, 6.07) is 15.3. The molecule has 0 saturated carbocycles. The molecule has 4 heterocycles. The van der Waals surface area contributed by atoms with E-state index in [0.29, 0.717) is 36.9 Å². The molecule has 3 aromatic heterocycles. The molecule has 10 nitrogen and oxygen atoms in total. The number of nitrogens with zero attached hydrogens (tertiary/aromatic N) is 6. The second-order valence-corrected chi connectivity index (χ2v) is 8.87. The third kappa shape index (κ3) is 4.86. The fourth-order valence-electron chi connectivity index (χ4n) is 4.40. The van der Waals surface area contributed by atoms with Gasteiger partial charge in [0.2, 0.25) is 5.91 Å². The molecule has 6 rings (SSSR count). The van der Waals surface area contributed by atoms with Crippen molar-refractivity contribution in [3.8, 4) is 17.2 Å². The Bertz CT molecular complexity index is 1600. The van der Waals surface area contributed by atoms with E-state index in [1.165, 1.54) is 12.7 Å². The van der Waals surface area contributed by atoms with Crippen molar-refractivity contribution >= 4 is 34.0 Å². The lowest BCUT2D eigenvalue weighted by molar-refractivity contribution is -0.128. The van der Waals surface area contributed by atoms with E-state index in [1.807, 2.05) is 66.6 Å². The molecular weight excluding hydrogens is 470 g/mol. The number of hydrogen-bond donors (Lipinski definition) is 1. The number of aromatic nitrogens is 5. The van der Waals surface area contributed by atoms with Crippen molar-refractivity contribution in [3.63, 3.8) is 0 Å². The van der Waals surface area contributed by atoms with Crippen LogP contribution in [0.2, 0.25) is 0 Å². The van der Waals surface area contributed by atoms with E-state index < -0.39 is 0 Å². The Morgan fingerprint density at radius 2 is 1.95 bits per heavy atom. The van der Waals surface area contributed by atoms with E-state index in [0.717, 1.165) is 46.5 Å². The summed E-state index contributed by atoms with van der Waals surface area (Å²) in [6.07, 6.45) is 6.41. The Kier molecular flexibility index (Phi) is 5.97. The van der Waals surface area contributed by atoms with Gasteiger partial charge in [-0.3, -0.25) is 4.79 Å². The first kappa shape index (κ1) is 22.7. The Balaban J connectivity index is 1.17. The molecule has 0 unspecified atom stereocenters. The summed E-state index contributed by atoms with van der Waals surface area (Å²) in [6.45, 7) is 3.83. The van der Waals surface area contributed by atoms with Crippen LogP contribution in [-0.2, 0) is 4.79 Å². The highest BCUT2D eigenvalue weighted by molar-refractivity contribution is 5.91. The number of benzene rings is 2. The highest BCUT2D eigenvalue weighted by atomic mass is 16.5. The lowest BCUT2D eigenvalue weighted by atomic mass is 10.2. The molecule has 5 aromatic rings. The Labute approximate surface area is 212 Å². The normalized spacial score (nSPS) is 13.4. The van der Waals surface area contributed by atoms with Crippen LogP contribution in [0.5, 0.6) is 17.2 Å². The predicted octanol–water partition coefficient (Wildman–Crippen LogP) is 4.52. The molecule has 1 fully saturated rings. The first-order valence-electron chi connectivity index (χ1n) is 12.1. The van der Waals surface area contributed by atoms with Gasteiger partial charge >= 0.3 is 0 Å². The maximum Gasteiger partial charge on any atom is 0.222 e. The number of amides is 1. The van der Waals surface area contributed by atoms with Crippen LogP contribution in [0.4, 0.5) is 11.5 Å². The number of hydrogen-bond acceptors (Lipinski definition) is 8. The average Bonchev–Trinajstić information content (AvgIpc) is 3.54. The van der Waals surface area contributed by atoms with Gasteiger partial charge in [0.25, 0.3) is 0 Å². The molecule has 1 amide bonds. The first-order valence-corrected chi connectivity index (χ1v) is 12.1. The molecule has 2 aromatic carbocycles. The number of aryl methyl sites for hydroxylation is 1. The lowest BCUT2D eigenvalue weighted by Crippen LogP contribution is -2.29. The smallest absolute Gasteiger partial charge is 0.222 e. The molecule has 1 saturated heterocycles. The lowest BCUT2D eigenvalue weighted by Gasteiger charge is -2.16. The molecule has 37 heavy (non-hydrogen) atoms.